The standard InChI is InChI=1S/C12H15I/c1-3-4-7-10(2)11-8-5-6-9-12(11)13/h5-6,8-9H,2-4,7H2,1H3. The van der Waals surface area contributed by atoms with E-state index in [9.17, 15) is 0 Å². The van der Waals surface area contributed by atoms with Gasteiger partial charge in [0, 0.05) is 3.57 Å². The van der Waals surface area contributed by atoms with Crippen LogP contribution in [0.25, 0.3) is 5.57 Å². The van der Waals surface area contributed by atoms with Gasteiger partial charge in [0.25, 0.3) is 0 Å². The lowest BCUT2D eigenvalue weighted by molar-refractivity contribution is 0.825. The van der Waals surface area contributed by atoms with Crippen LogP contribution in [0, 0.1) is 3.57 Å². The average Bonchev–Trinajstić information content (AvgIpc) is 2.15. The zero-order valence-corrected chi connectivity index (χ0v) is 10.2. The molecule has 1 heteroatoms. The second-order valence-electron chi connectivity index (χ2n) is 3.19. The molecule has 70 valence electrons. The van der Waals surface area contributed by atoms with Crippen molar-refractivity contribution in [1.82, 2.24) is 0 Å². The zero-order valence-electron chi connectivity index (χ0n) is 8.02. The molecule has 1 aromatic rings. The monoisotopic (exact) mass is 286 g/mol. The van der Waals surface area contributed by atoms with Crippen LogP contribution in [-0.2, 0) is 0 Å². The van der Waals surface area contributed by atoms with Crippen LogP contribution in [0.4, 0.5) is 0 Å². The third kappa shape index (κ3) is 3.14. The maximum Gasteiger partial charge on any atom is 0.0205 e. The van der Waals surface area contributed by atoms with Gasteiger partial charge in [-0.15, -0.1) is 0 Å². The Labute approximate surface area is 94.2 Å². The molecule has 1 aromatic carbocycles. The number of benzene rings is 1. The Kier molecular flexibility index (Phi) is 4.50. The number of hydrogen-bond donors (Lipinski definition) is 0. The molecule has 0 amide bonds. The third-order valence-electron chi connectivity index (χ3n) is 2.09. The summed E-state index contributed by atoms with van der Waals surface area (Å²) in [6.07, 6.45) is 3.60. The summed E-state index contributed by atoms with van der Waals surface area (Å²) in [5.74, 6) is 0. The van der Waals surface area contributed by atoms with Crippen molar-refractivity contribution >= 4 is 28.2 Å². The molecule has 0 unspecified atom stereocenters. The number of halogens is 1. The Bertz CT molecular complexity index is 289. The highest BCUT2D eigenvalue weighted by Gasteiger charge is 2.01. The van der Waals surface area contributed by atoms with Gasteiger partial charge in [-0.2, -0.15) is 0 Å². The molecule has 0 fully saturated rings. The van der Waals surface area contributed by atoms with Crippen molar-refractivity contribution in [2.75, 3.05) is 0 Å². The van der Waals surface area contributed by atoms with Gasteiger partial charge in [0.05, 0.1) is 0 Å². The van der Waals surface area contributed by atoms with Gasteiger partial charge in [0.1, 0.15) is 0 Å². The fourth-order valence-electron chi connectivity index (χ4n) is 1.27. The molecule has 0 nitrogen and oxygen atoms in total. The zero-order chi connectivity index (χ0) is 9.68. The first-order chi connectivity index (χ1) is 6.25. The van der Waals surface area contributed by atoms with Crippen LogP contribution in [-0.4, -0.2) is 0 Å². The summed E-state index contributed by atoms with van der Waals surface area (Å²) in [5.41, 5.74) is 2.59. The van der Waals surface area contributed by atoms with E-state index < -0.39 is 0 Å². The number of hydrogen-bond acceptors (Lipinski definition) is 0. The van der Waals surface area contributed by atoms with E-state index in [1.54, 1.807) is 0 Å². The molecular weight excluding hydrogens is 271 g/mol. The quantitative estimate of drug-likeness (QED) is 0.715. The lowest BCUT2D eigenvalue weighted by Crippen LogP contribution is -1.86. The molecular formula is C12H15I. The Morgan fingerprint density at radius 2 is 2.08 bits per heavy atom. The van der Waals surface area contributed by atoms with Crippen LogP contribution in [0.3, 0.4) is 0 Å². The highest BCUT2D eigenvalue weighted by molar-refractivity contribution is 14.1. The van der Waals surface area contributed by atoms with Gasteiger partial charge in [0.15, 0.2) is 0 Å². The van der Waals surface area contributed by atoms with Crippen molar-refractivity contribution in [2.24, 2.45) is 0 Å². The predicted octanol–water partition coefficient (Wildman–Crippen LogP) is 4.49. The first kappa shape index (κ1) is 10.8. The molecule has 1 rings (SSSR count). The van der Waals surface area contributed by atoms with Gasteiger partial charge in [-0.05, 0) is 52.6 Å². The third-order valence-corrected chi connectivity index (χ3v) is 3.03. The van der Waals surface area contributed by atoms with Crippen molar-refractivity contribution in [2.45, 2.75) is 26.2 Å². The fourth-order valence-corrected chi connectivity index (χ4v) is 2.04. The highest BCUT2D eigenvalue weighted by Crippen LogP contribution is 2.23. The molecule has 13 heavy (non-hydrogen) atoms. The molecule has 0 aromatic heterocycles. The Balaban J connectivity index is 2.71. The van der Waals surface area contributed by atoms with E-state index in [0.717, 1.165) is 6.42 Å². The van der Waals surface area contributed by atoms with Crippen molar-refractivity contribution in [3.63, 3.8) is 0 Å². The van der Waals surface area contributed by atoms with Crippen LogP contribution >= 0.6 is 22.6 Å². The SMILES string of the molecule is C=C(CCCC)c1ccccc1I. The second kappa shape index (κ2) is 5.43. The Morgan fingerprint density at radius 1 is 1.38 bits per heavy atom. The first-order valence-corrected chi connectivity index (χ1v) is 5.76. The summed E-state index contributed by atoms with van der Waals surface area (Å²) < 4.78 is 1.31. The second-order valence-corrected chi connectivity index (χ2v) is 4.35. The molecule has 0 heterocycles. The number of rotatable bonds is 4. The van der Waals surface area contributed by atoms with Crippen molar-refractivity contribution in [1.29, 1.82) is 0 Å². The molecule has 0 saturated heterocycles. The lowest BCUT2D eigenvalue weighted by Gasteiger charge is -2.06. The Hall–Kier alpha value is -0.310. The van der Waals surface area contributed by atoms with E-state index in [1.165, 1.54) is 27.5 Å². The normalized spacial score (nSPS) is 10.0. The van der Waals surface area contributed by atoms with Crippen LogP contribution in [0.2, 0.25) is 0 Å². The minimum Gasteiger partial charge on any atom is -0.0952 e. The highest BCUT2D eigenvalue weighted by atomic mass is 127. The van der Waals surface area contributed by atoms with E-state index >= 15 is 0 Å². The molecule has 0 aliphatic rings. The topological polar surface area (TPSA) is 0 Å². The van der Waals surface area contributed by atoms with Crippen LogP contribution in [0.5, 0.6) is 0 Å². The van der Waals surface area contributed by atoms with Crippen molar-refractivity contribution in [3.8, 4) is 0 Å². The van der Waals surface area contributed by atoms with Crippen molar-refractivity contribution in [3.05, 3.63) is 40.0 Å². The van der Waals surface area contributed by atoms with Gasteiger partial charge in [-0.1, -0.05) is 38.1 Å². The predicted molar refractivity (Wildman–Crippen MR) is 67.7 cm³/mol. The molecule has 0 radical (unpaired) electrons. The lowest BCUT2D eigenvalue weighted by atomic mass is 10.0. The minimum absolute atomic E-state index is 1.12. The summed E-state index contributed by atoms with van der Waals surface area (Å²) in [4.78, 5) is 0. The summed E-state index contributed by atoms with van der Waals surface area (Å²) in [5, 5.41) is 0. The average molecular weight is 286 g/mol. The minimum atomic E-state index is 1.12. The largest absolute Gasteiger partial charge is 0.0952 e. The van der Waals surface area contributed by atoms with Gasteiger partial charge in [-0.3, -0.25) is 0 Å². The van der Waals surface area contributed by atoms with E-state index in [-0.39, 0.29) is 0 Å². The fraction of sp³-hybridized carbons (Fsp3) is 0.333. The molecule has 0 saturated carbocycles. The molecule has 0 spiro atoms. The Morgan fingerprint density at radius 3 is 2.69 bits per heavy atom. The maximum atomic E-state index is 4.12. The summed E-state index contributed by atoms with van der Waals surface area (Å²) in [7, 11) is 0. The molecule has 0 aliphatic carbocycles. The van der Waals surface area contributed by atoms with Crippen LogP contribution in [0.1, 0.15) is 31.7 Å². The van der Waals surface area contributed by atoms with Crippen molar-refractivity contribution < 1.29 is 0 Å². The molecule has 0 aliphatic heterocycles. The van der Waals surface area contributed by atoms with E-state index in [2.05, 4.69) is 60.4 Å². The smallest absolute Gasteiger partial charge is 0.0205 e. The van der Waals surface area contributed by atoms with Crippen LogP contribution < -0.4 is 0 Å². The van der Waals surface area contributed by atoms with Gasteiger partial charge < -0.3 is 0 Å². The summed E-state index contributed by atoms with van der Waals surface area (Å²) in [6.45, 7) is 6.33. The van der Waals surface area contributed by atoms with E-state index in [1.807, 2.05) is 0 Å². The summed E-state index contributed by atoms with van der Waals surface area (Å²) in [6, 6.07) is 8.43. The maximum absolute atomic E-state index is 4.12. The molecule has 0 N–H and O–H groups in total. The van der Waals surface area contributed by atoms with Gasteiger partial charge in [-0.25, -0.2) is 0 Å². The molecule has 0 atom stereocenters. The van der Waals surface area contributed by atoms with E-state index in [4.69, 9.17) is 0 Å². The van der Waals surface area contributed by atoms with Gasteiger partial charge in [0.2, 0.25) is 0 Å². The number of unbranched alkanes of at least 4 members (excludes halogenated alkanes) is 1. The molecule has 0 bridgehead atoms. The first-order valence-electron chi connectivity index (χ1n) is 4.68. The van der Waals surface area contributed by atoms with Gasteiger partial charge >= 0.3 is 0 Å². The van der Waals surface area contributed by atoms with E-state index in [0.29, 0.717) is 0 Å². The summed E-state index contributed by atoms with van der Waals surface area (Å²) >= 11 is 2.37. The van der Waals surface area contributed by atoms with Crippen LogP contribution in [0.15, 0.2) is 30.8 Å². The number of allylic oxidation sites excluding steroid dienone is 1.